The van der Waals surface area contributed by atoms with Crippen LogP contribution in [0.15, 0.2) is 54.7 Å². The minimum absolute atomic E-state index is 0.0642. The number of rotatable bonds is 6. The number of nitro groups is 1. The molecule has 27 heavy (non-hydrogen) atoms. The number of nitrogens with one attached hydrogen (secondary N) is 2. The largest absolute Gasteiger partial charge is 0.480 e. The zero-order valence-corrected chi connectivity index (χ0v) is 13.9. The maximum Gasteiger partial charge on any atom is 0.413 e. The monoisotopic (exact) mass is 369 g/mol. The maximum atomic E-state index is 12.0. The zero-order valence-electron chi connectivity index (χ0n) is 13.9. The number of benzene rings is 2. The number of aromatic amines is 1. The number of nitro benzene ring substituents is 1. The van der Waals surface area contributed by atoms with Crippen molar-refractivity contribution in [2.75, 3.05) is 0 Å². The Morgan fingerprint density at radius 2 is 1.89 bits per heavy atom. The highest BCUT2D eigenvalue weighted by Gasteiger charge is 2.23. The van der Waals surface area contributed by atoms with Crippen molar-refractivity contribution in [2.45, 2.75) is 12.5 Å². The van der Waals surface area contributed by atoms with E-state index in [1.165, 1.54) is 24.3 Å². The van der Waals surface area contributed by atoms with Crippen LogP contribution in [0.1, 0.15) is 5.56 Å². The summed E-state index contributed by atoms with van der Waals surface area (Å²) in [6.45, 7) is 0. The van der Waals surface area contributed by atoms with E-state index in [0.29, 0.717) is 0 Å². The summed E-state index contributed by atoms with van der Waals surface area (Å²) in [6, 6.07) is 11.1. The lowest BCUT2D eigenvalue weighted by atomic mass is 10.1. The standard InChI is InChI=1S/C18H15N3O6/c22-17(23)16(9-11-10-19-15-4-2-1-3-14(11)15)20-18(24)27-13-7-5-12(6-8-13)21(25)26/h1-8,10,16,19H,9H2,(H,20,24)(H,22,23)/t16-/m0/s1. The van der Waals surface area contributed by atoms with Gasteiger partial charge in [0.1, 0.15) is 11.8 Å². The SMILES string of the molecule is O=C(N[C@@H](Cc1c[nH]c2ccccc12)C(=O)O)Oc1ccc([N+](=O)[O-])cc1. The van der Waals surface area contributed by atoms with Gasteiger partial charge in [-0.3, -0.25) is 10.1 Å². The Balaban J connectivity index is 1.67. The summed E-state index contributed by atoms with van der Waals surface area (Å²) in [7, 11) is 0. The lowest BCUT2D eigenvalue weighted by Gasteiger charge is -2.14. The van der Waals surface area contributed by atoms with Crippen molar-refractivity contribution in [3.63, 3.8) is 0 Å². The Bertz CT molecular complexity index is 996. The van der Waals surface area contributed by atoms with Gasteiger partial charge in [-0.15, -0.1) is 0 Å². The van der Waals surface area contributed by atoms with Crippen LogP contribution in [-0.2, 0) is 11.2 Å². The topological polar surface area (TPSA) is 135 Å². The number of ether oxygens (including phenoxy) is 1. The highest BCUT2D eigenvalue weighted by Crippen LogP contribution is 2.20. The first-order valence-electron chi connectivity index (χ1n) is 7.94. The first kappa shape index (κ1) is 17.9. The zero-order chi connectivity index (χ0) is 19.4. The predicted molar refractivity (Wildman–Crippen MR) is 95.7 cm³/mol. The van der Waals surface area contributed by atoms with Crippen LogP contribution in [-0.4, -0.2) is 33.1 Å². The summed E-state index contributed by atoms with van der Waals surface area (Å²) in [5.74, 6) is -1.14. The van der Waals surface area contributed by atoms with E-state index in [0.717, 1.165) is 16.5 Å². The average molecular weight is 369 g/mol. The van der Waals surface area contributed by atoms with Crippen LogP contribution in [0.3, 0.4) is 0 Å². The number of para-hydroxylation sites is 1. The number of hydrogen-bond acceptors (Lipinski definition) is 5. The third kappa shape index (κ3) is 4.21. The molecule has 3 rings (SSSR count). The van der Waals surface area contributed by atoms with Crippen LogP contribution in [0.2, 0.25) is 0 Å². The number of nitrogens with zero attached hydrogens (tertiary/aromatic N) is 1. The third-order valence-corrected chi connectivity index (χ3v) is 3.95. The number of hydrogen-bond donors (Lipinski definition) is 3. The minimum Gasteiger partial charge on any atom is -0.480 e. The lowest BCUT2D eigenvalue weighted by molar-refractivity contribution is -0.384. The fraction of sp³-hybridized carbons (Fsp3) is 0.111. The third-order valence-electron chi connectivity index (χ3n) is 3.95. The minimum atomic E-state index is -1.21. The molecule has 3 N–H and O–H groups in total. The van der Waals surface area contributed by atoms with E-state index in [-0.39, 0.29) is 17.9 Å². The quantitative estimate of drug-likeness (QED) is 0.452. The first-order chi connectivity index (χ1) is 12.9. The van der Waals surface area contributed by atoms with Crippen molar-refractivity contribution in [3.05, 3.63) is 70.4 Å². The molecule has 0 aliphatic heterocycles. The smallest absolute Gasteiger partial charge is 0.413 e. The van der Waals surface area contributed by atoms with Gasteiger partial charge in [-0.2, -0.15) is 0 Å². The summed E-state index contributed by atoms with van der Waals surface area (Å²) in [4.78, 5) is 36.6. The Labute approximate surface area is 152 Å². The molecular weight excluding hydrogens is 354 g/mol. The van der Waals surface area contributed by atoms with Gasteiger partial charge in [0.05, 0.1) is 4.92 Å². The van der Waals surface area contributed by atoms with Crippen LogP contribution in [0.25, 0.3) is 10.9 Å². The van der Waals surface area contributed by atoms with Crippen molar-refractivity contribution < 1.29 is 24.4 Å². The maximum absolute atomic E-state index is 12.0. The first-order valence-corrected chi connectivity index (χ1v) is 7.94. The summed E-state index contributed by atoms with van der Waals surface area (Å²) in [5, 5.41) is 23.2. The van der Waals surface area contributed by atoms with E-state index in [9.17, 15) is 24.8 Å². The second-order valence-corrected chi connectivity index (χ2v) is 5.74. The van der Waals surface area contributed by atoms with E-state index in [1.54, 1.807) is 6.20 Å². The molecule has 9 heteroatoms. The van der Waals surface area contributed by atoms with Crippen LogP contribution in [0.5, 0.6) is 5.75 Å². The second-order valence-electron chi connectivity index (χ2n) is 5.74. The molecule has 9 nitrogen and oxygen atoms in total. The van der Waals surface area contributed by atoms with E-state index in [4.69, 9.17) is 4.74 Å². The van der Waals surface area contributed by atoms with Gasteiger partial charge in [0, 0.05) is 35.7 Å². The van der Waals surface area contributed by atoms with Gasteiger partial charge in [-0.1, -0.05) is 18.2 Å². The molecule has 3 aromatic rings. The van der Waals surface area contributed by atoms with Crippen LogP contribution >= 0.6 is 0 Å². The average Bonchev–Trinajstić information content (AvgIpc) is 3.04. The summed E-state index contributed by atoms with van der Waals surface area (Å²) in [5.41, 5.74) is 1.46. The molecule has 138 valence electrons. The van der Waals surface area contributed by atoms with Crippen LogP contribution < -0.4 is 10.1 Å². The van der Waals surface area contributed by atoms with Crippen LogP contribution in [0.4, 0.5) is 10.5 Å². The molecular formula is C18H15N3O6. The molecule has 0 saturated carbocycles. The molecule has 0 aliphatic rings. The van der Waals surface area contributed by atoms with Gasteiger partial charge in [0.15, 0.2) is 0 Å². The number of non-ortho nitro benzene ring substituents is 1. The number of fused-ring (bicyclic) bond motifs is 1. The molecule has 0 spiro atoms. The van der Waals surface area contributed by atoms with E-state index >= 15 is 0 Å². The van der Waals surface area contributed by atoms with Crippen molar-refractivity contribution >= 4 is 28.7 Å². The summed E-state index contributed by atoms with van der Waals surface area (Å²) in [6.07, 6.45) is 0.801. The fourth-order valence-electron chi connectivity index (χ4n) is 2.64. The molecule has 0 radical (unpaired) electrons. The Morgan fingerprint density at radius 1 is 1.19 bits per heavy atom. The predicted octanol–water partition coefficient (Wildman–Crippen LogP) is 2.86. The van der Waals surface area contributed by atoms with Gasteiger partial charge < -0.3 is 20.1 Å². The number of aliphatic carboxylic acids is 1. The van der Waals surface area contributed by atoms with Crippen molar-refractivity contribution in [2.24, 2.45) is 0 Å². The van der Waals surface area contributed by atoms with E-state index in [1.807, 2.05) is 24.3 Å². The van der Waals surface area contributed by atoms with Gasteiger partial charge in [0.2, 0.25) is 0 Å². The summed E-state index contributed by atoms with van der Waals surface area (Å²) < 4.78 is 4.99. The molecule has 0 bridgehead atoms. The normalized spacial score (nSPS) is 11.7. The molecule has 2 aromatic carbocycles. The number of carbonyl (C=O) groups excluding carboxylic acids is 1. The number of carboxylic acids is 1. The van der Waals surface area contributed by atoms with Crippen molar-refractivity contribution in [1.29, 1.82) is 0 Å². The fourth-order valence-corrected chi connectivity index (χ4v) is 2.64. The molecule has 1 heterocycles. The van der Waals surface area contributed by atoms with E-state index in [2.05, 4.69) is 10.3 Å². The second kappa shape index (κ2) is 7.56. The molecule has 1 amide bonds. The Hall–Kier alpha value is -3.88. The Morgan fingerprint density at radius 3 is 2.56 bits per heavy atom. The van der Waals surface area contributed by atoms with Gasteiger partial charge in [-0.25, -0.2) is 9.59 Å². The molecule has 0 saturated heterocycles. The lowest BCUT2D eigenvalue weighted by Crippen LogP contribution is -2.43. The molecule has 0 unspecified atom stereocenters. The van der Waals surface area contributed by atoms with Gasteiger partial charge in [0.25, 0.3) is 5.69 Å². The van der Waals surface area contributed by atoms with Gasteiger partial charge >= 0.3 is 12.1 Å². The molecule has 1 atom stereocenters. The Kier molecular flexibility index (Phi) is 5.02. The summed E-state index contributed by atoms with van der Waals surface area (Å²) >= 11 is 0. The van der Waals surface area contributed by atoms with E-state index < -0.39 is 23.0 Å². The highest BCUT2D eigenvalue weighted by atomic mass is 16.6. The number of amides is 1. The van der Waals surface area contributed by atoms with Gasteiger partial charge in [-0.05, 0) is 23.8 Å². The number of carboxylic acid groups (broad SMARTS) is 1. The van der Waals surface area contributed by atoms with Crippen molar-refractivity contribution in [1.82, 2.24) is 10.3 Å². The number of H-pyrrole nitrogens is 1. The van der Waals surface area contributed by atoms with Crippen LogP contribution in [0, 0.1) is 10.1 Å². The molecule has 0 fully saturated rings. The number of aromatic nitrogens is 1. The highest BCUT2D eigenvalue weighted by molar-refractivity contribution is 5.85. The molecule has 1 aromatic heterocycles. The molecule has 0 aliphatic carbocycles. The number of carbonyl (C=O) groups is 2. The van der Waals surface area contributed by atoms with Crippen molar-refractivity contribution in [3.8, 4) is 5.75 Å².